The Balaban J connectivity index is 2.62. The van der Waals surface area contributed by atoms with Gasteiger partial charge in [0, 0.05) is 26.2 Å². The smallest absolute Gasteiger partial charge is 0.161 e. The Morgan fingerprint density at radius 2 is 1.95 bits per heavy atom. The highest BCUT2D eigenvalue weighted by Gasteiger charge is 2.08. The minimum atomic E-state index is 0.193. The number of benzene rings is 1. The molecule has 0 aliphatic carbocycles. The third-order valence-electron chi connectivity index (χ3n) is 3.00. The third-order valence-corrected chi connectivity index (χ3v) is 3.00. The van der Waals surface area contributed by atoms with Gasteiger partial charge >= 0.3 is 0 Å². The van der Waals surface area contributed by atoms with E-state index in [4.69, 9.17) is 19.9 Å². The lowest BCUT2D eigenvalue weighted by Gasteiger charge is -2.14. The molecule has 0 fully saturated rings. The van der Waals surface area contributed by atoms with Gasteiger partial charge in [-0.25, -0.2) is 0 Å². The summed E-state index contributed by atoms with van der Waals surface area (Å²) >= 11 is 0. The molecule has 19 heavy (non-hydrogen) atoms. The van der Waals surface area contributed by atoms with Crippen molar-refractivity contribution >= 4 is 0 Å². The predicted octanol–water partition coefficient (Wildman–Crippen LogP) is 2.39. The predicted molar refractivity (Wildman–Crippen MR) is 77.0 cm³/mol. The number of nitrogens with two attached hydrogens (primary N) is 1. The Labute approximate surface area is 115 Å². The maximum atomic E-state index is 5.96. The molecule has 0 bridgehead atoms. The highest BCUT2D eigenvalue weighted by molar-refractivity contribution is 5.43. The van der Waals surface area contributed by atoms with Gasteiger partial charge in [0.05, 0.1) is 13.7 Å². The standard InChI is InChI=1S/C15H25NO3/c1-4-13(16)10-12-6-7-14(15(11-12)18-3)19-9-5-8-17-2/h6-7,11,13H,4-5,8-10,16H2,1-3H3. The van der Waals surface area contributed by atoms with Crippen LogP contribution >= 0.6 is 0 Å². The summed E-state index contributed by atoms with van der Waals surface area (Å²) in [7, 11) is 3.34. The van der Waals surface area contributed by atoms with Gasteiger partial charge in [-0.2, -0.15) is 0 Å². The van der Waals surface area contributed by atoms with E-state index in [1.807, 2.05) is 18.2 Å². The summed E-state index contributed by atoms with van der Waals surface area (Å²) in [4.78, 5) is 0. The van der Waals surface area contributed by atoms with Crippen LogP contribution < -0.4 is 15.2 Å². The van der Waals surface area contributed by atoms with Crippen LogP contribution in [0.5, 0.6) is 11.5 Å². The van der Waals surface area contributed by atoms with E-state index in [1.54, 1.807) is 14.2 Å². The number of methoxy groups -OCH3 is 2. The first-order valence-corrected chi connectivity index (χ1v) is 6.75. The van der Waals surface area contributed by atoms with Crippen LogP contribution in [0.25, 0.3) is 0 Å². The molecule has 2 N–H and O–H groups in total. The molecule has 0 aliphatic heterocycles. The van der Waals surface area contributed by atoms with Gasteiger partial charge in [0.15, 0.2) is 11.5 Å². The fourth-order valence-corrected chi connectivity index (χ4v) is 1.79. The van der Waals surface area contributed by atoms with Crippen molar-refractivity contribution in [1.29, 1.82) is 0 Å². The zero-order valence-corrected chi connectivity index (χ0v) is 12.1. The van der Waals surface area contributed by atoms with Gasteiger partial charge < -0.3 is 19.9 Å². The molecule has 0 aromatic heterocycles. The molecule has 0 heterocycles. The van der Waals surface area contributed by atoms with E-state index in [2.05, 4.69) is 6.92 Å². The summed E-state index contributed by atoms with van der Waals surface area (Å²) < 4.78 is 16.0. The third kappa shape index (κ3) is 5.49. The highest BCUT2D eigenvalue weighted by Crippen LogP contribution is 2.28. The lowest BCUT2D eigenvalue weighted by Crippen LogP contribution is -2.21. The molecule has 4 nitrogen and oxygen atoms in total. The Hall–Kier alpha value is -1.26. The molecule has 0 saturated carbocycles. The average Bonchev–Trinajstić information content (AvgIpc) is 2.44. The van der Waals surface area contributed by atoms with E-state index in [9.17, 15) is 0 Å². The quantitative estimate of drug-likeness (QED) is 0.698. The van der Waals surface area contributed by atoms with Gasteiger partial charge in [-0.15, -0.1) is 0 Å². The van der Waals surface area contributed by atoms with E-state index in [0.29, 0.717) is 13.2 Å². The monoisotopic (exact) mass is 267 g/mol. The Bertz CT molecular complexity index is 368. The van der Waals surface area contributed by atoms with Crippen LogP contribution in [0.3, 0.4) is 0 Å². The number of rotatable bonds is 9. The zero-order valence-electron chi connectivity index (χ0n) is 12.1. The lowest BCUT2D eigenvalue weighted by atomic mass is 10.0. The van der Waals surface area contributed by atoms with E-state index >= 15 is 0 Å². The molecule has 1 unspecified atom stereocenters. The van der Waals surface area contributed by atoms with Gasteiger partial charge in [0.1, 0.15) is 0 Å². The van der Waals surface area contributed by atoms with Crippen molar-refractivity contribution in [2.75, 3.05) is 27.4 Å². The van der Waals surface area contributed by atoms with Gasteiger partial charge in [-0.05, 0) is 30.5 Å². The van der Waals surface area contributed by atoms with E-state index in [-0.39, 0.29) is 6.04 Å². The van der Waals surface area contributed by atoms with Crippen molar-refractivity contribution in [2.45, 2.75) is 32.2 Å². The van der Waals surface area contributed by atoms with Crippen LogP contribution in [0, 0.1) is 0 Å². The molecule has 0 spiro atoms. The van der Waals surface area contributed by atoms with Crippen molar-refractivity contribution in [2.24, 2.45) is 5.73 Å². The molecule has 0 aliphatic rings. The largest absolute Gasteiger partial charge is 0.493 e. The second kappa shape index (κ2) is 8.77. The molecule has 108 valence electrons. The fourth-order valence-electron chi connectivity index (χ4n) is 1.79. The van der Waals surface area contributed by atoms with Crippen LogP contribution in [-0.4, -0.2) is 33.5 Å². The zero-order chi connectivity index (χ0) is 14.1. The summed E-state index contributed by atoms with van der Waals surface area (Å²) in [5.74, 6) is 1.53. The Morgan fingerprint density at radius 3 is 2.58 bits per heavy atom. The molecular weight excluding hydrogens is 242 g/mol. The molecule has 1 aromatic rings. The Morgan fingerprint density at radius 1 is 1.16 bits per heavy atom. The molecule has 0 radical (unpaired) electrons. The number of ether oxygens (including phenoxy) is 3. The van der Waals surface area contributed by atoms with Crippen LogP contribution in [0.2, 0.25) is 0 Å². The molecule has 0 saturated heterocycles. The second-order valence-electron chi connectivity index (χ2n) is 4.55. The first kappa shape index (κ1) is 15.8. The topological polar surface area (TPSA) is 53.7 Å². The second-order valence-corrected chi connectivity index (χ2v) is 4.55. The molecule has 0 amide bonds. The maximum Gasteiger partial charge on any atom is 0.161 e. The number of hydrogen-bond donors (Lipinski definition) is 1. The van der Waals surface area contributed by atoms with Gasteiger partial charge in [0.25, 0.3) is 0 Å². The summed E-state index contributed by atoms with van der Waals surface area (Å²) in [6.45, 7) is 3.42. The van der Waals surface area contributed by atoms with Crippen molar-refractivity contribution < 1.29 is 14.2 Å². The first-order chi connectivity index (χ1) is 9.21. The molecular formula is C15H25NO3. The maximum absolute atomic E-state index is 5.96. The van der Waals surface area contributed by atoms with Crippen molar-refractivity contribution in [3.63, 3.8) is 0 Å². The number of hydrogen-bond acceptors (Lipinski definition) is 4. The van der Waals surface area contributed by atoms with Crippen LogP contribution in [0.15, 0.2) is 18.2 Å². The Kier molecular flexibility index (Phi) is 7.30. The summed E-state index contributed by atoms with van der Waals surface area (Å²) in [5, 5.41) is 0. The van der Waals surface area contributed by atoms with E-state index < -0.39 is 0 Å². The summed E-state index contributed by atoms with van der Waals surface area (Å²) in [5.41, 5.74) is 7.14. The van der Waals surface area contributed by atoms with Crippen molar-refractivity contribution in [1.82, 2.24) is 0 Å². The van der Waals surface area contributed by atoms with Gasteiger partial charge in [-0.3, -0.25) is 0 Å². The van der Waals surface area contributed by atoms with Crippen molar-refractivity contribution in [3.05, 3.63) is 23.8 Å². The lowest BCUT2D eigenvalue weighted by molar-refractivity contribution is 0.170. The molecule has 1 rings (SSSR count). The fraction of sp³-hybridized carbons (Fsp3) is 0.600. The van der Waals surface area contributed by atoms with Crippen LogP contribution in [0.4, 0.5) is 0 Å². The highest BCUT2D eigenvalue weighted by atomic mass is 16.5. The SMILES string of the molecule is CCC(N)Cc1ccc(OCCCOC)c(OC)c1. The van der Waals surface area contributed by atoms with Gasteiger partial charge in [0.2, 0.25) is 0 Å². The average molecular weight is 267 g/mol. The van der Waals surface area contributed by atoms with E-state index in [0.717, 1.165) is 30.8 Å². The van der Waals surface area contributed by atoms with Crippen LogP contribution in [-0.2, 0) is 11.2 Å². The van der Waals surface area contributed by atoms with Crippen molar-refractivity contribution in [3.8, 4) is 11.5 Å². The van der Waals surface area contributed by atoms with Gasteiger partial charge in [-0.1, -0.05) is 13.0 Å². The summed E-state index contributed by atoms with van der Waals surface area (Å²) in [6, 6.07) is 6.19. The van der Waals surface area contributed by atoms with E-state index in [1.165, 1.54) is 5.56 Å². The minimum absolute atomic E-state index is 0.193. The minimum Gasteiger partial charge on any atom is -0.493 e. The summed E-state index contributed by atoms with van der Waals surface area (Å²) in [6.07, 6.45) is 2.69. The molecule has 1 atom stereocenters. The first-order valence-electron chi connectivity index (χ1n) is 6.75. The molecule has 1 aromatic carbocycles. The normalized spacial score (nSPS) is 12.2. The van der Waals surface area contributed by atoms with Crippen LogP contribution in [0.1, 0.15) is 25.3 Å². The molecule has 4 heteroatoms.